The summed E-state index contributed by atoms with van der Waals surface area (Å²) in [7, 11) is 0. The summed E-state index contributed by atoms with van der Waals surface area (Å²) in [5.41, 5.74) is 2.70. The molecule has 1 aliphatic heterocycles. The molecular weight excluding hydrogens is 303 g/mol. The van der Waals surface area contributed by atoms with Crippen LogP contribution in [-0.2, 0) is 6.54 Å². The molecule has 0 aliphatic carbocycles. The molecule has 128 valence electrons. The predicted molar refractivity (Wildman–Crippen MR) is 94.8 cm³/mol. The number of piperazine rings is 1. The fraction of sp³-hybridized carbons (Fsp3) is 0.400. The van der Waals surface area contributed by atoms with Crippen molar-refractivity contribution >= 4 is 0 Å². The van der Waals surface area contributed by atoms with Gasteiger partial charge in [-0.05, 0) is 24.6 Å². The SMILES string of the molecule is Cc1cccc(CN2CCN(CCOc3ccccc3F)CC2)c1. The summed E-state index contributed by atoms with van der Waals surface area (Å²) in [5.74, 6) is 0.0519. The maximum absolute atomic E-state index is 13.5. The molecule has 3 nitrogen and oxygen atoms in total. The average molecular weight is 328 g/mol. The number of benzene rings is 2. The first-order valence-corrected chi connectivity index (χ1v) is 8.58. The van der Waals surface area contributed by atoms with Crippen molar-refractivity contribution in [3.8, 4) is 5.75 Å². The molecule has 0 aromatic heterocycles. The second-order valence-electron chi connectivity index (χ2n) is 6.39. The van der Waals surface area contributed by atoms with Gasteiger partial charge in [0.15, 0.2) is 11.6 Å². The lowest BCUT2D eigenvalue weighted by molar-refractivity contribution is 0.112. The summed E-state index contributed by atoms with van der Waals surface area (Å²) in [6.07, 6.45) is 0. The summed E-state index contributed by atoms with van der Waals surface area (Å²) in [6, 6.07) is 15.3. The molecule has 0 atom stereocenters. The van der Waals surface area contributed by atoms with Crippen LogP contribution in [0.4, 0.5) is 4.39 Å². The van der Waals surface area contributed by atoms with Gasteiger partial charge in [-0.2, -0.15) is 0 Å². The Bertz CT molecular complexity index is 654. The van der Waals surface area contributed by atoms with Crippen molar-refractivity contribution < 1.29 is 9.13 Å². The Labute approximate surface area is 143 Å². The second kappa shape index (κ2) is 8.27. The third kappa shape index (κ3) is 4.79. The Balaban J connectivity index is 1.38. The first-order valence-electron chi connectivity index (χ1n) is 8.58. The minimum Gasteiger partial charge on any atom is -0.489 e. The number of rotatable bonds is 6. The van der Waals surface area contributed by atoms with Gasteiger partial charge in [-0.25, -0.2) is 4.39 Å². The van der Waals surface area contributed by atoms with Gasteiger partial charge in [0, 0.05) is 39.3 Å². The number of para-hydroxylation sites is 1. The van der Waals surface area contributed by atoms with E-state index in [-0.39, 0.29) is 5.82 Å². The molecule has 24 heavy (non-hydrogen) atoms. The Morgan fingerprint density at radius 1 is 0.958 bits per heavy atom. The quantitative estimate of drug-likeness (QED) is 0.809. The Kier molecular flexibility index (Phi) is 5.83. The topological polar surface area (TPSA) is 15.7 Å². The highest BCUT2D eigenvalue weighted by Gasteiger charge is 2.17. The fourth-order valence-corrected chi connectivity index (χ4v) is 3.09. The number of hydrogen-bond donors (Lipinski definition) is 0. The van der Waals surface area contributed by atoms with E-state index in [9.17, 15) is 4.39 Å². The standard InChI is InChI=1S/C20H25FN2O/c1-17-5-4-6-18(15-17)16-23-11-9-22(10-12-23)13-14-24-20-8-3-2-7-19(20)21/h2-8,15H,9-14,16H2,1H3. The van der Waals surface area contributed by atoms with Gasteiger partial charge in [0.05, 0.1) is 0 Å². The maximum Gasteiger partial charge on any atom is 0.165 e. The lowest BCUT2D eigenvalue weighted by Crippen LogP contribution is -2.47. The highest BCUT2D eigenvalue weighted by molar-refractivity contribution is 5.23. The normalized spacial score (nSPS) is 16.2. The van der Waals surface area contributed by atoms with Crippen molar-refractivity contribution in [3.63, 3.8) is 0 Å². The third-order valence-electron chi connectivity index (χ3n) is 4.46. The molecule has 0 spiro atoms. The highest BCUT2D eigenvalue weighted by atomic mass is 19.1. The Morgan fingerprint density at radius 3 is 2.46 bits per heavy atom. The van der Waals surface area contributed by atoms with E-state index < -0.39 is 0 Å². The molecule has 4 heteroatoms. The first-order chi connectivity index (χ1) is 11.7. The van der Waals surface area contributed by atoms with E-state index >= 15 is 0 Å². The number of halogens is 1. The number of aryl methyl sites for hydroxylation is 1. The molecule has 3 rings (SSSR count). The van der Waals surface area contributed by atoms with Crippen LogP contribution in [0.2, 0.25) is 0 Å². The van der Waals surface area contributed by atoms with Gasteiger partial charge in [0.1, 0.15) is 6.61 Å². The van der Waals surface area contributed by atoms with Crippen molar-refractivity contribution in [2.75, 3.05) is 39.3 Å². The molecule has 0 N–H and O–H groups in total. The van der Waals surface area contributed by atoms with Gasteiger partial charge in [0.25, 0.3) is 0 Å². The molecule has 2 aromatic carbocycles. The number of ether oxygens (including phenoxy) is 1. The van der Waals surface area contributed by atoms with E-state index in [4.69, 9.17) is 4.74 Å². The Hall–Kier alpha value is -1.91. The van der Waals surface area contributed by atoms with Crippen molar-refractivity contribution in [1.82, 2.24) is 9.80 Å². The third-order valence-corrected chi connectivity index (χ3v) is 4.46. The monoisotopic (exact) mass is 328 g/mol. The zero-order chi connectivity index (χ0) is 16.8. The van der Waals surface area contributed by atoms with Crippen molar-refractivity contribution in [2.24, 2.45) is 0 Å². The highest BCUT2D eigenvalue weighted by Crippen LogP contribution is 2.15. The molecule has 2 aromatic rings. The van der Waals surface area contributed by atoms with Crippen LogP contribution in [0.15, 0.2) is 48.5 Å². The molecule has 0 radical (unpaired) electrons. The van der Waals surface area contributed by atoms with E-state index in [0.29, 0.717) is 12.4 Å². The molecule has 1 aliphatic rings. The van der Waals surface area contributed by atoms with Gasteiger partial charge in [-0.3, -0.25) is 9.80 Å². The molecule has 0 bridgehead atoms. The summed E-state index contributed by atoms with van der Waals surface area (Å²) >= 11 is 0. The molecule has 1 heterocycles. The minimum absolute atomic E-state index is 0.291. The van der Waals surface area contributed by atoms with Gasteiger partial charge in [0.2, 0.25) is 0 Å². The van der Waals surface area contributed by atoms with E-state index in [1.54, 1.807) is 18.2 Å². The average Bonchev–Trinajstić information content (AvgIpc) is 2.58. The summed E-state index contributed by atoms with van der Waals surface area (Å²) in [6.45, 7) is 8.71. The largest absolute Gasteiger partial charge is 0.489 e. The Morgan fingerprint density at radius 2 is 1.71 bits per heavy atom. The van der Waals surface area contributed by atoms with Crippen LogP contribution in [0.1, 0.15) is 11.1 Å². The van der Waals surface area contributed by atoms with E-state index in [1.807, 2.05) is 0 Å². The fourth-order valence-electron chi connectivity index (χ4n) is 3.09. The second-order valence-corrected chi connectivity index (χ2v) is 6.39. The van der Waals surface area contributed by atoms with Gasteiger partial charge < -0.3 is 4.74 Å². The smallest absolute Gasteiger partial charge is 0.165 e. The summed E-state index contributed by atoms with van der Waals surface area (Å²) in [5, 5.41) is 0. The van der Waals surface area contributed by atoms with Crippen molar-refractivity contribution in [2.45, 2.75) is 13.5 Å². The van der Waals surface area contributed by atoms with Crippen LogP contribution in [0, 0.1) is 12.7 Å². The van der Waals surface area contributed by atoms with Crippen LogP contribution in [0.25, 0.3) is 0 Å². The lowest BCUT2D eigenvalue weighted by atomic mass is 10.1. The molecule has 0 saturated carbocycles. The minimum atomic E-state index is -0.291. The van der Waals surface area contributed by atoms with Crippen LogP contribution in [0.5, 0.6) is 5.75 Å². The molecule has 1 saturated heterocycles. The number of nitrogens with zero attached hydrogens (tertiary/aromatic N) is 2. The lowest BCUT2D eigenvalue weighted by Gasteiger charge is -2.34. The molecule has 1 fully saturated rings. The van der Waals surface area contributed by atoms with Gasteiger partial charge in [-0.15, -0.1) is 0 Å². The van der Waals surface area contributed by atoms with Crippen LogP contribution < -0.4 is 4.74 Å². The predicted octanol–water partition coefficient (Wildman–Crippen LogP) is 3.33. The molecular formula is C20H25FN2O. The van der Waals surface area contributed by atoms with Crippen LogP contribution in [-0.4, -0.2) is 49.1 Å². The zero-order valence-corrected chi connectivity index (χ0v) is 14.2. The maximum atomic E-state index is 13.5. The van der Waals surface area contributed by atoms with E-state index in [0.717, 1.165) is 39.3 Å². The number of hydrogen-bond acceptors (Lipinski definition) is 3. The molecule has 0 amide bonds. The van der Waals surface area contributed by atoms with Crippen LogP contribution >= 0.6 is 0 Å². The summed E-state index contributed by atoms with van der Waals surface area (Å²) < 4.78 is 19.0. The molecule has 0 unspecified atom stereocenters. The van der Waals surface area contributed by atoms with Crippen molar-refractivity contribution in [1.29, 1.82) is 0 Å². The first kappa shape index (κ1) is 16.9. The van der Waals surface area contributed by atoms with Gasteiger partial charge in [-0.1, -0.05) is 42.0 Å². The zero-order valence-electron chi connectivity index (χ0n) is 14.2. The van der Waals surface area contributed by atoms with E-state index in [1.165, 1.54) is 17.2 Å². The van der Waals surface area contributed by atoms with Crippen LogP contribution in [0.3, 0.4) is 0 Å². The van der Waals surface area contributed by atoms with Gasteiger partial charge >= 0.3 is 0 Å². The van der Waals surface area contributed by atoms with Crippen molar-refractivity contribution in [3.05, 3.63) is 65.5 Å². The van der Waals surface area contributed by atoms with E-state index in [2.05, 4.69) is 41.0 Å². The summed E-state index contributed by atoms with van der Waals surface area (Å²) in [4.78, 5) is 4.87.